The van der Waals surface area contributed by atoms with Crippen molar-refractivity contribution < 1.29 is 9.47 Å². The van der Waals surface area contributed by atoms with Crippen molar-refractivity contribution in [2.24, 2.45) is 0 Å². The molecule has 1 aliphatic heterocycles. The maximum absolute atomic E-state index is 6.22. The lowest BCUT2D eigenvalue weighted by molar-refractivity contribution is -0.225. The fourth-order valence-corrected chi connectivity index (χ4v) is 5.35. The summed E-state index contributed by atoms with van der Waals surface area (Å²) in [5, 5.41) is 0. The van der Waals surface area contributed by atoms with Crippen LogP contribution < -0.4 is 0 Å². The van der Waals surface area contributed by atoms with Gasteiger partial charge in [0.25, 0.3) is 0 Å². The standard InChI is InChI=1S/C16H32O2S2/c1-5-6-7-8-10-14(18-16(2,3)17-4)13-15-19-11-9-12-20-15/h14-15H,5-13H2,1-4H3. The van der Waals surface area contributed by atoms with Gasteiger partial charge in [0, 0.05) is 7.11 Å². The normalized spacial score (nSPS) is 19.2. The van der Waals surface area contributed by atoms with Crippen LogP contribution in [0, 0.1) is 0 Å². The molecule has 1 rings (SSSR count). The van der Waals surface area contributed by atoms with Crippen molar-refractivity contribution in [1.82, 2.24) is 0 Å². The molecule has 120 valence electrons. The number of ether oxygens (including phenoxy) is 2. The molecule has 0 radical (unpaired) electrons. The Morgan fingerprint density at radius 3 is 2.45 bits per heavy atom. The van der Waals surface area contributed by atoms with Crippen LogP contribution in [0.5, 0.6) is 0 Å². The average molecular weight is 321 g/mol. The second-order valence-corrected chi connectivity index (χ2v) is 8.87. The lowest BCUT2D eigenvalue weighted by Gasteiger charge is -2.32. The van der Waals surface area contributed by atoms with Gasteiger partial charge in [0.15, 0.2) is 5.79 Å². The summed E-state index contributed by atoms with van der Waals surface area (Å²) in [6.45, 7) is 6.30. The van der Waals surface area contributed by atoms with Crippen molar-refractivity contribution in [3.63, 3.8) is 0 Å². The highest BCUT2D eigenvalue weighted by molar-refractivity contribution is 8.17. The predicted octanol–water partition coefficient (Wildman–Crippen LogP) is 5.31. The first-order chi connectivity index (χ1) is 9.57. The predicted molar refractivity (Wildman–Crippen MR) is 92.7 cm³/mol. The molecule has 0 bridgehead atoms. The van der Waals surface area contributed by atoms with Crippen LogP contribution >= 0.6 is 23.5 Å². The van der Waals surface area contributed by atoms with Gasteiger partial charge in [0.05, 0.1) is 10.7 Å². The van der Waals surface area contributed by atoms with Gasteiger partial charge in [-0.1, -0.05) is 32.6 Å². The number of hydrogen-bond donors (Lipinski definition) is 0. The second-order valence-electron chi connectivity index (χ2n) is 5.95. The molecule has 1 aliphatic rings. The van der Waals surface area contributed by atoms with E-state index in [1.165, 1.54) is 50.0 Å². The van der Waals surface area contributed by atoms with Gasteiger partial charge in [-0.3, -0.25) is 0 Å². The van der Waals surface area contributed by atoms with E-state index in [2.05, 4.69) is 30.4 Å². The molecular formula is C16H32O2S2. The first-order valence-corrected chi connectivity index (χ1v) is 10.1. The maximum Gasteiger partial charge on any atom is 0.162 e. The van der Waals surface area contributed by atoms with E-state index in [0.29, 0.717) is 10.7 Å². The monoisotopic (exact) mass is 320 g/mol. The summed E-state index contributed by atoms with van der Waals surface area (Å²) in [6, 6.07) is 0. The Kier molecular flexibility index (Phi) is 9.67. The maximum atomic E-state index is 6.22. The zero-order valence-electron chi connectivity index (χ0n) is 13.7. The first-order valence-electron chi connectivity index (χ1n) is 8.03. The highest BCUT2D eigenvalue weighted by Crippen LogP contribution is 2.35. The van der Waals surface area contributed by atoms with Gasteiger partial charge in [-0.25, -0.2) is 0 Å². The minimum Gasteiger partial charge on any atom is -0.354 e. The SMILES string of the molecule is CCCCCCC(CC1SCCCS1)OC(C)(C)OC. The summed E-state index contributed by atoms with van der Waals surface area (Å²) in [5.41, 5.74) is 0. The second kappa shape index (κ2) is 10.4. The lowest BCUT2D eigenvalue weighted by atomic mass is 10.1. The zero-order chi connectivity index (χ0) is 14.8. The minimum absolute atomic E-state index is 0.338. The van der Waals surface area contributed by atoms with Gasteiger partial charge in [0.2, 0.25) is 0 Å². The Morgan fingerprint density at radius 1 is 1.15 bits per heavy atom. The molecular weight excluding hydrogens is 288 g/mol. The zero-order valence-corrected chi connectivity index (χ0v) is 15.3. The molecule has 0 aliphatic carbocycles. The molecule has 4 heteroatoms. The molecule has 1 heterocycles. The lowest BCUT2D eigenvalue weighted by Crippen LogP contribution is -2.34. The van der Waals surface area contributed by atoms with E-state index in [1.807, 2.05) is 13.8 Å². The molecule has 0 spiro atoms. The summed E-state index contributed by atoms with van der Waals surface area (Å²) in [7, 11) is 1.73. The Morgan fingerprint density at radius 2 is 1.85 bits per heavy atom. The van der Waals surface area contributed by atoms with Gasteiger partial charge in [0.1, 0.15) is 0 Å². The molecule has 1 atom stereocenters. The molecule has 0 N–H and O–H groups in total. The Balaban J connectivity index is 2.40. The molecule has 0 aromatic carbocycles. The van der Waals surface area contributed by atoms with Gasteiger partial charge in [-0.05, 0) is 44.6 Å². The molecule has 0 aromatic rings. The van der Waals surface area contributed by atoms with E-state index in [9.17, 15) is 0 Å². The van der Waals surface area contributed by atoms with Crippen LogP contribution in [-0.4, -0.2) is 35.1 Å². The largest absolute Gasteiger partial charge is 0.354 e. The summed E-state index contributed by atoms with van der Waals surface area (Å²) in [4.78, 5) is 0. The topological polar surface area (TPSA) is 18.5 Å². The van der Waals surface area contributed by atoms with Crippen LogP contribution in [0.15, 0.2) is 0 Å². The third-order valence-electron chi connectivity index (χ3n) is 3.67. The van der Waals surface area contributed by atoms with E-state index in [1.54, 1.807) is 7.11 Å². The molecule has 0 aromatic heterocycles. The van der Waals surface area contributed by atoms with E-state index < -0.39 is 5.79 Å². The Labute approximate surface area is 134 Å². The van der Waals surface area contributed by atoms with Crippen molar-refractivity contribution in [3.05, 3.63) is 0 Å². The van der Waals surface area contributed by atoms with E-state index in [4.69, 9.17) is 9.47 Å². The minimum atomic E-state index is -0.459. The summed E-state index contributed by atoms with van der Waals surface area (Å²) < 4.78 is 12.4. The van der Waals surface area contributed by atoms with Crippen LogP contribution in [0.4, 0.5) is 0 Å². The first kappa shape index (κ1) is 18.7. The highest BCUT2D eigenvalue weighted by Gasteiger charge is 2.26. The quantitative estimate of drug-likeness (QED) is 0.401. The molecule has 1 unspecified atom stereocenters. The number of rotatable bonds is 10. The van der Waals surface area contributed by atoms with Gasteiger partial charge in [-0.2, -0.15) is 0 Å². The van der Waals surface area contributed by atoms with Crippen molar-refractivity contribution in [3.8, 4) is 0 Å². The van der Waals surface area contributed by atoms with Crippen molar-refractivity contribution >= 4 is 23.5 Å². The van der Waals surface area contributed by atoms with E-state index >= 15 is 0 Å². The van der Waals surface area contributed by atoms with E-state index in [-0.39, 0.29) is 0 Å². The van der Waals surface area contributed by atoms with Gasteiger partial charge in [-0.15, -0.1) is 23.5 Å². The van der Waals surface area contributed by atoms with Crippen molar-refractivity contribution in [2.75, 3.05) is 18.6 Å². The third kappa shape index (κ3) is 8.16. The molecule has 1 saturated heterocycles. The average Bonchev–Trinajstić information content (AvgIpc) is 2.44. The van der Waals surface area contributed by atoms with Crippen LogP contribution in [-0.2, 0) is 9.47 Å². The summed E-state index contributed by atoms with van der Waals surface area (Å²) >= 11 is 4.22. The Bertz CT molecular complexity index is 241. The van der Waals surface area contributed by atoms with E-state index in [0.717, 1.165) is 6.42 Å². The molecule has 1 fully saturated rings. The van der Waals surface area contributed by atoms with Crippen molar-refractivity contribution in [2.45, 2.75) is 82.2 Å². The fourth-order valence-electron chi connectivity index (χ4n) is 2.36. The van der Waals surface area contributed by atoms with Gasteiger partial charge < -0.3 is 9.47 Å². The summed E-state index contributed by atoms with van der Waals surface area (Å²) in [6.07, 6.45) is 9.27. The number of hydrogen-bond acceptors (Lipinski definition) is 4. The molecule has 0 saturated carbocycles. The van der Waals surface area contributed by atoms with Crippen LogP contribution in [0.2, 0.25) is 0 Å². The smallest absolute Gasteiger partial charge is 0.162 e. The van der Waals surface area contributed by atoms with Crippen molar-refractivity contribution in [1.29, 1.82) is 0 Å². The summed E-state index contributed by atoms with van der Waals surface area (Å²) in [5.74, 6) is 2.17. The van der Waals surface area contributed by atoms with Gasteiger partial charge >= 0.3 is 0 Å². The van der Waals surface area contributed by atoms with Crippen LogP contribution in [0.1, 0.15) is 65.7 Å². The van der Waals surface area contributed by atoms with Crippen LogP contribution in [0.3, 0.4) is 0 Å². The number of unbranched alkanes of at least 4 members (excludes halogenated alkanes) is 3. The number of thioether (sulfide) groups is 2. The third-order valence-corrected chi connectivity index (χ3v) is 6.67. The molecule has 2 nitrogen and oxygen atoms in total. The Hall–Kier alpha value is 0.620. The molecule has 20 heavy (non-hydrogen) atoms. The fraction of sp³-hybridized carbons (Fsp3) is 1.00. The van der Waals surface area contributed by atoms with Crippen LogP contribution in [0.25, 0.3) is 0 Å². The molecule has 0 amide bonds. The number of methoxy groups -OCH3 is 1. The highest BCUT2D eigenvalue weighted by atomic mass is 32.2.